The van der Waals surface area contributed by atoms with E-state index in [-0.39, 0.29) is 11.4 Å². The lowest BCUT2D eigenvalue weighted by Gasteiger charge is -2.03. The van der Waals surface area contributed by atoms with Gasteiger partial charge in [0, 0.05) is 11.8 Å². The predicted molar refractivity (Wildman–Crippen MR) is 43.5 cm³/mol. The minimum absolute atomic E-state index is 0.237. The largest absolute Gasteiger partial charge is 0.422 e. The molecule has 1 aromatic carbocycles. The summed E-state index contributed by atoms with van der Waals surface area (Å²) in [5.41, 5.74) is 5.50. The van der Waals surface area contributed by atoms with Crippen LogP contribution in [0.1, 0.15) is 0 Å². The molecule has 0 heterocycles. The van der Waals surface area contributed by atoms with Crippen molar-refractivity contribution in [2.75, 3.05) is 12.3 Å². The maximum atomic E-state index is 12.9. The summed E-state index contributed by atoms with van der Waals surface area (Å²) < 4.78 is 17.3. The van der Waals surface area contributed by atoms with Gasteiger partial charge in [0.15, 0.2) is 11.6 Å². The van der Waals surface area contributed by atoms with Crippen molar-refractivity contribution >= 4 is 11.7 Å². The molecule has 1 rings (SSSR count). The summed E-state index contributed by atoms with van der Waals surface area (Å²) in [5, 5.41) is 8.32. The Hall–Kier alpha value is -1.62. The number of aliphatic hydroxyl groups is 1. The minimum Gasteiger partial charge on any atom is -0.422 e. The average molecular weight is 185 g/mol. The van der Waals surface area contributed by atoms with Crippen molar-refractivity contribution in [3.63, 3.8) is 0 Å². The maximum Gasteiger partial charge on any atom is 0.337 e. The van der Waals surface area contributed by atoms with Crippen LogP contribution in [0.15, 0.2) is 18.2 Å². The lowest BCUT2D eigenvalue weighted by molar-refractivity contribution is -0.137. The van der Waals surface area contributed by atoms with Gasteiger partial charge in [0.05, 0.1) is 0 Å². The van der Waals surface area contributed by atoms with Crippen molar-refractivity contribution in [2.45, 2.75) is 0 Å². The van der Waals surface area contributed by atoms with Gasteiger partial charge in [-0.25, -0.2) is 9.18 Å². The summed E-state index contributed by atoms with van der Waals surface area (Å²) >= 11 is 0. The molecule has 4 nitrogen and oxygen atoms in total. The Morgan fingerprint density at radius 3 is 2.85 bits per heavy atom. The molecule has 70 valence electrons. The molecular weight excluding hydrogens is 177 g/mol. The number of aliphatic hydroxyl groups excluding tert-OH is 1. The molecule has 3 N–H and O–H groups in total. The number of ether oxygens (including phenoxy) is 1. The molecule has 0 fully saturated rings. The van der Waals surface area contributed by atoms with Gasteiger partial charge < -0.3 is 15.6 Å². The van der Waals surface area contributed by atoms with E-state index in [1.165, 1.54) is 12.1 Å². The van der Waals surface area contributed by atoms with Crippen LogP contribution in [0.4, 0.5) is 10.1 Å². The zero-order valence-electron chi connectivity index (χ0n) is 6.66. The SMILES string of the molecule is Nc1ccc(OC(=O)CO)c(F)c1. The molecule has 0 aromatic heterocycles. The highest BCUT2D eigenvalue weighted by Gasteiger charge is 2.07. The number of halogens is 1. The fraction of sp³-hybridized carbons (Fsp3) is 0.125. The first-order valence-corrected chi connectivity index (χ1v) is 3.50. The number of nitrogens with two attached hydrogens (primary N) is 1. The normalized spacial score (nSPS) is 9.69. The topological polar surface area (TPSA) is 72.5 Å². The Morgan fingerprint density at radius 1 is 1.62 bits per heavy atom. The molecule has 0 aliphatic heterocycles. The second-order valence-corrected chi connectivity index (χ2v) is 2.32. The highest BCUT2D eigenvalue weighted by atomic mass is 19.1. The molecular formula is C8H8FNO3. The summed E-state index contributed by atoms with van der Waals surface area (Å²) in [5.74, 6) is -1.89. The summed E-state index contributed by atoms with van der Waals surface area (Å²) in [4.78, 5) is 10.5. The van der Waals surface area contributed by atoms with E-state index in [0.717, 1.165) is 6.07 Å². The van der Waals surface area contributed by atoms with Crippen LogP contribution >= 0.6 is 0 Å². The number of hydrogen-bond donors (Lipinski definition) is 2. The van der Waals surface area contributed by atoms with E-state index in [2.05, 4.69) is 4.74 Å². The summed E-state index contributed by atoms with van der Waals surface area (Å²) in [6.45, 7) is -0.788. The highest BCUT2D eigenvalue weighted by molar-refractivity contribution is 5.73. The van der Waals surface area contributed by atoms with Crippen molar-refractivity contribution in [1.29, 1.82) is 0 Å². The van der Waals surface area contributed by atoms with Gasteiger partial charge in [-0.15, -0.1) is 0 Å². The molecule has 0 bridgehead atoms. The fourth-order valence-corrected chi connectivity index (χ4v) is 0.755. The van der Waals surface area contributed by atoms with Gasteiger partial charge >= 0.3 is 5.97 Å². The van der Waals surface area contributed by atoms with Gasteiger partial charge in [0.25, 0.3) is 0 Å². The minimum atomic E-state index is -0.913. The third-order valence-electron chi connectivity index (χ3n) is 1.31. The van der Waals surface area contributed by atoms with E-state index in [4.69, 9.17) is 10.8 Å². The summed E-state index contributed by atoms with van der Waals surface area (Å²) in [6, 6.07) is 3.64. The summed E-state index contributed by atoms with van der Waals surface area (Å²) in [6.07, 6.45) is 0. The second-order valence-electron chi connectivity index (χ2n) is 2.32. The molecule has 0 radical (unpaired) electrons. The number of carbonyl (C=O) groups excluding carboxylic acids is 1. The molecule has 0 saturated carbocycles. The van der Waals surface area contributed by atoms with Crippen molar-refractivity contribution in [3.05, 3.63) is 24.0 Å². The van der Waals surface area contributed by atoms with E-state index in [9.17, 15) is 9.18 Å². The average Bonchev–Trinajstić information content (AvgIpc) is 2.09. The Balaban J connectivity index is 2.83. The van der Waals surface area contributed by atoms with Gasteiger partial charge in [-0.3, -0.25) is 0 Å². The zero-order chi connectivity index (χ0) is 9.84. The molecule has 0 unspecified atom stereocenters. The van der Waals surface area contributed by atoms with Crippen molar-refractivity contribution in [3.8, 4) is 5.75 Å². The van der Waals surface area contributed by atoms with E-state index >= 15 is 0 Å². The fourth-order valence-electron chi connectivity index (χ4n) is 0.755. The molecule has 0 aliphatic rings. The predicted octanol–water partition coefficient (Wildman–Crippen LogP) is 0.306. The molecule has 5 heteroatoms. The first-order chi connectivity index (χ1) is 6.13. The van der Waals surface area contributed by atoms with Gasteiger partial charge in [-0.05, 0) is 12.1 Å². The van der Waals surface area contributed by atoms with Crippen molar-refractivity contribution in [1.82, 2.24) is 0 Å². The van der Waals surface area contributed by atoms with Crippen molar-refractivity contribution in [2.24, 2.45) is 0 Å². The van der Waals surface area contributed by atoms with Crippen molar-refractivity contribution < 1.29 is 19.0 Å². The molecule has 0 saturated heterocycles. The Labute approximate surface area is 73.7 Å². The van der Waals surface area contributed by atoms with Crippen LogP contribution < -0.4 is 10.5 Å². The first-order valence-electron chi connectivity index (χ1n) is 3.50. The Kier molecular flexibility index (Phi) is 2.81. The van der Waals surface area contributed by atoms with E-state index < -0.39 is 18.4 Å². The van der Waals surface area contributed by atoms with Crippen LogP contribution in [-0.2, 0) is 4.79 Å². The van der Waals surface area contributed by atoms with Gasteiger partial charge in [0.2, 0.25) is 0 Å². The number of carbonyl (C=O) groups is 1. The number of rotatable bonds is 2. The molecule has 13 heavy (non-hydrogen) atoms. The number of nitrogen functional groups attached to an aromatic ring is 1. The Bertz CT molecular complexity index is 327. The van der Waals surface area contributed by atoms with Crippen LogP contribution in [0.3, 0.4) is 0 Å². The number of esters is 1. The van der Waals surface area contributed by atoms with Crippen LogP contribution in [0.5, 0.6) is 5.75 Å². The zero-order valence-corrected chi connectivity index (χ0v) is 6.66. The summed E-state index contributed by atoms with van der Waals surface area (Å²) in [7, 11) is 0. The maximum absolute atomic E-state index is 12.9. The quantitative estimate of drug-likeness (QED) is 0.395. The standard InChI is InChI=1S/C8H8FNO3/c9-6-3-5(10)1-2-7(6)13-8(12)4-11/h1-3,11H,4,10H2. The third-order valence-corrected chi connectivity index (χ3v) is 1.31. The first kappa shape index (κ1) is 9.47. The third kappa shape index (κ3) is 2.41. The van der Waals surface area contributed by atoms with Gasteiger partial charge in [0.1, 0.15) is 6.61 Å². The number of anilines is 1. The lowest BCUT2D eigenvalue weighted by atomic mass is 10.3. The smallest absolute Gasteiger partial charge is 0.337 e. The highest BCUT2D eigenvalue weighted by Crippen LogP contribution is 2.19. The van der Waals surface area contributed by atoms with Gasteiger partial charge in [-0.1, -0.05) is 0 Å². The van der Waals surface area contributed by atoms with Crippen LogP contribution in [-0.4, -0.2) is 17.7 Å². The van der Waals surface area contributed by atoms with Crippen LogP contribution in [0.2, 0.25) is 0 Å². The number of hydrogen-bond acceptors (Lipinski definition) is 4. The molecule has 0 atom stereocenters. The monoisotopic (exact) mass is 185 g/mol. The Morgan fingerprint density at radius 2 is 2.31 bits per heavy atom. The van der Waals surface area contributed by atoms with Crippen LogP contribution in [0.25, 0.3) is 0 Å². The van der Waals surface area contributed by atoms with E-state index in [1.54, 1.807) is 0 Å². The number of benzene rings is 1. The second kappa shape index (κ2) is 3.86. The molecule has 1 aromatic rings. The van der Waals surface area contributed by atoms with E-state index in [0.29, 0.717) is 0 Å². The van der Waals surface area contributed by atoms with Gasteiger partial charge in [-0.2, -0.15) is 0 Å². The molecule has 0 aliphatic carbocycles. The molecule has 0 amide bonds. The van der Waals surface area contributed by atoms with E-state index in [1.807, 2.05) is 0 Å². The lowest BCUT2D eigenvalue weighted by Crippen LogP contribution is -2.13. The molecule has 0 spiro atoms. The van der Waals surface area contributed by atoms with Crippen LogP contribution in [0, 0.1) is 5.82 Å².